The molecule has 1 amide bonds. The summed E-state index contributed by atoms with van der Waals surface area (Å²) in [6.07, 6.45) is 3.01. The summed E-state index contributed by atoms with van der Waals surface area (Å²) >= 11 is 0. The molecule has 9 heteroatoms. The van der Waals surface area contributed by atoms with Gasteiger partial charge in [-0.3, -0.25) is 10.0 Å². The fourth-order valence-electron chi connectivity index (χ4n) is 2.42. The fourth-order valence-corrected chi connectivity index (χ4v) is 4.14. The first kappa shape index (κ1) is 21.5. The van der Waals surface area contributed by atoms with Crippen LogP contribution < -0.4 is 11.2 Å². The van der Waals surface area contributed by atoms with Gasteiger partial charge in [0.25, 0.3) is 5.91 Å². The van der Waals surface area contributed by atoms with Crippen molar-refractivity contribution >= 4 is 15.9 Å². The van der Waals surface area contributed by atoms with Crippen LogP contribution in [0.3, 0.4) is 0 Å². The highest BCUT2D eigenvalue weighted by Gasteiger charge is 2.32. The highest BCUT2D eigenvalue weighted by Crippen LogP contribution is 2.22. The molecule has 0 fully saturated rings. The molecule has 0 saturated carbocycles. The Bertz CT molecular complexity index is 682. The Hall–Kier alpha value is -1.55. The van der Waals surface area contributed by atoms with Crippen molar-refractivity contribution in [2.24, 2.45) is 5.73 Å². The van der Waals surface area contributed by atoms with E-state index in [0.29, 0.717) is 13.0 Å². The lowest BCUT2D eigenvalue weighted by atomic mass is 10.2. The molecule has 4 N–H and O–H groups in total. The SMILES string of the molecule is Cc1cc(S(=O)(=O)N(CCCCCCN)[C@H](C)C(=O)NO)ccc1F. The zero-order chi connectivity index (χ0) is 19.0. The molecule has 0 aliphatic carbocycles. The van der Waals surface area contributed by atoms with Gasteiger partial charge >= 0.3 is 0 Å². The van der Waals surface area contributed by atoms with Gasteiger partial charge in [-0.1, -0.05) is 12.8 Å². The standard InChI is InChI=1S/C16H26FN3O4S/c1-12-11-14(7-8-15(12)17)25(23,24)20(13(2)16(21)19-22)10-6-4-3-5-9-18/h7-8,11,13,22H,3-6,9-10,18H2,1-2H3,(H,19,21)/t13-/m1/s1. The number of unbranched alkanes of at least 4 members (excludes halogenated alkanes) is 3. The van der Waals surface area contributed by atoms with Gasteiger partial charge in [-0.05, 0) is 57.0 Å². The van der Waals surface area contributed by atoms with E-state index in [9.17, 15) is 17.6 Å². The van der Waals surface area contributed by atoms with Crippen LogP contribution in [0.4, 0.5) is 4.39 Å². The number of nitrogens with one attached hydrogen (secondary N) is 1. The number of halogens is 1. The summed E-state index contributed by atoms with van der Waals surface area (Å²) < 4.78 is 40.3. The third kappa shape index (κ3) is 5.74. The minimum absolute atomic E-state index is 0.0917. The Morgan fingerprint density at radius 3 is 2.52 bits per heavy atom. The second-order valence-corrected chi connectivity index (χ2v) is 7.77. The Labute approximate surface area is 148 Å². The van der Waals surface area contributed by atoms with Gasteiger partial charge in [0.15, 0.2) is 0 Å². The van der Waals surface area contributed by atoms with E-state index in [1.54, 1.807) is 0 Å². The largest absolute Gasteiger partial charge is 0.330 e. The van der Waals surface area contributed by atoms with E-state index in [2.05, 4.69) is 0 Å². The van der Waals surface area contributed by atoms with E-state index in [-0.39, 0.29) is 17.0 Å². The van der Waals surface area contributed by atoms with Crippen molar-refractivity contribution in [1.29, 1.82) is 0 Å². The van der Waals surface area contributed by atoms with Crippen LogP contribution >= 0.6 is 0 Å². The van der Waals surface area contributed by atoms with Gasteiger partial charge in [0.1, 0.15) is 11.9 Å². The predicted molar refractivity (Wildman–Crippen MR) is 91.9 cm³/mol. The van der Waals surface area contributed by atoms with Gasteiger partial charge in [0.2, 0.25) is 10.0 Å². The number of nitrogens with two attached hydrogens (primary N) is 1. The molecular formula is C16H26FN3O4S. The molecule has 1 aromatic rings. The first-order chi connectivity index (χ1) is 11.8. The summed E-state index contributed by atoms with van der Waals surface area (Å²) in [7, 11) is -4.02. The van der Waals surface area contributed by atoms with Crippen molar-refractivity contribution in [3.05, 3.63) is 29.6 Å². The Kier molecular flexibility index (Phi) is 8.43. The van der Waals surface area contributed by atoms with Crippen LogP contribution in [0.1, 0.15) is 38.2 Å². The molecule has 0 saturated heterocycles. The van der Waals surface area contributed by atoms with Crippen LogP contribution in [0.2, 0.25) is 0 Å². The lowest BCUT2D eigenvalue weighted by Gasteiger charge is -2.27. The predicted octanol–water partition coefficient (Wildman–Crippen LogP) is 1.54. The van der Waals surface area contributed by atoms with E-state index in [1.807, 2.05) is 0 Å². The molecule has 0 radical (unpaired) electrons. The normalized spacial score (nSPS) is 13.0. The summed E-state index contributed by atoms with van der Waals surface area (Å²) in [5, 5.41) is 8.83. The molecule has 0 spiro atoms. The molecule has 25 heavy (non-hydrogen) atoms. The van der Waals surface area contributed by atoms with Crippen molar-refractivity contribution in [3.8, 4) is 0 Å². The van der Waals surface area contributed by atoms with Crippen LogP contribution in [-0.4, -0.2) is 43.0 Å². The monoisotopic (exact) mass is 375 g/mol. The van der Waals surface area contributed by atoms with Gasteiger partial charge in [-0.2, -0.15) is 4.31 Å². The van der Waals surface area contributed by atoms with Gasteiger partial charge in [-0.15, -0.1) is 0 Å². The third-order valence-corrected chi connectivity index (χ3v) is 5.96. The third-order valence-electron chi connectivity index (χ3n) is 3.99. The number of carbonyl (C=O) groups is 1. The second kappa shape index (κ2) is 9.81. The summed E-state index contributed by atoms with van der Waals surface area (Å²) in [5.74, 6) is -1.34. The van der Waals surface area contributed by atoms with Crippen molar-refractivity contribution < 1.29 is 22.8 Å². The molecule has 0 aliphatic heterocycles. The average molecular weight is 375 g/mol. The van der Waals surface area contributed by atoms with Gasteiger partial charge < -0.3 is 5.73 Å². The first-order valence-corrected chi connectivity index (χ1v) is 9.61. The summed E-state index contributed by atoms with van der Waals surface area (Å²) in [4.78, 5) is 11.7. The number of sulfonamides is 1. The molecule has 1 atom stereocenters. The smallest absolute Gasteiger partial charge is 0.261 e. The van der Waals surface area contributed by atoms with Crippen molar-refractivity contribution in [1.82, 2.24) is 9.79 Å². The van der Waals surface area contributed by atoms with Gasteiger partial charge in [0.05, 0.1) is 4.90 Å². The molecule has 1 rings (SSSR count). The van der Waals surface area contributed by atoms with Gasteiger partial charge in [0, 0.05) is 6.54 Å². The molecular weight excluding hydrogens is 349 g/mol. The minimum Gasteiger partial charge on any atom is -0.330 e. The highest BCUT2D eigenvalue weighted by atomic mass is 32.2. The first-order valence-electron chi connectivity index (χ1n) is 8.17. The van der Waals surface area contributed by atoms with E-state index in [1.165, 1.54) is 31.5 Å². The topological polar surface area (TPSA) is 113 Å². The molecule has 0 unspecified atom stereocenters. The van der Waals surface area contributed by atoms with Crippen LogP contribution in [0.15, 0.2) is 23.1 Å². The highest BCUT2D eigenvalue weighted by molar-refractivity contribution is 7.89. The Morgan fingerprint density at radius 2 is 1.96 bits per heavy atom. The molecule has 142 valence electrons. The minimum atomic E-state index is -4.02. The Morgan fingerprint density at radius 1 is 1.32 bits per heavy atom. The summed E-state index contributed by atoms with van der Waals surface area (Å²) in [6, 6.07) is 2.38. The molecule has 0 bridgehead atoms. The van der Waals surface area contributed by atoms with Crippen LogP contribution in [0.5, 0.6) is 0 Å². The van der Waals surface area contributed by atoms with E-state index >= 15 is 0 Å². The maximum absolute atomic E-state index is 13.4. The second-order valence-electron chi connectivity index (χ2n) is 5.88. The van der Waals surface area contributed by atoms with Crippen LogP contribution in [-0.2, 0) is 14.8 Å². The maximum atomic E-state index is 13.4. The lowest BCUT2D eigenvalue weighted by Crippen LogP contribution is -2.47. The van der Waals surface area contributed by atoms with Crippen molar-refractivity contribution in [3.63, 3.8) is 0 Å². The van der Waals surface area contributed by atoms with Crippen molar-refractivity contribution in [2.75, 3.05) is 13.1 Å². The number of benzene rings is 1. The summed E-state index contributed by atoms with van der Waals surface area (Å²) in [6.45, 7) is 3.53. The van der Waals surface area contributed by atoms with Gasteiger partial charge in [-0.25, -0.2) is 18.3 Å². The average Bonchev–Trinajstić information content (AvgIpc) is 2.58. The quantitative estimate of drug-likeness (QED) is 0.326. The van der Waals surface area contributed by atoms with E-state index < -0.39 is 27.8 Å². The fraction of sp³-hybridized carbons (Fsp3) is 0.562. The number of hydrogen-bond donors (Lipinski definition) is 3. The molecule has 0 aromatic heterocycles. The maximum Gasteiger partial charge on any atom is 0.261 e. The van der Waals surface area contributed by atoms with E-state index in [4.69, 9.17) is 10.9 Å². The number of amides is 1. The lowest BCUT2D eigenvalue weighted by molar-refractivity contribution is -0.132. The van der Waals surface area contributed by atoms with Crippen molar-refractivity contribution in [2.45, 2.75) is 50.5 Å². The summed E-state index contributed by atoms with van der Waals surface area (Å²) in [5.41, 5.74) is 7.11. The number of hydroxylamine groups is 1. The molecule has 0 aliphatic rings. The Balaban J connectivity index is 3.06. The molecule has 0 heterocycles. The number of rotatable bonds is 10. The zero-order valence-corrected chi connectivity index (χ0v) is 15.4. The van der Waals surface area contributed by atoms with Crippen LogP contribution in [0, 0.1) is 12.7 Å². The molecule has 1 aromatic carbocycles. The zero-order valence-electron chi connectivity index (χ0n) is 14.5. The number of aryl methyl sites for hydroxylation is 1. The van der Waals surface area contributed by atoms with Crippen LogP contribution in [0.25, 0.3) is 0 Å². The number of hydrogen-bond acceptors (Lipinski definition) is 5. The van der Waals surface area contributed by atoms with E-state index in [0.717, 1.165) is 29.6 Å². The number of nitrogens with zero attached hydrogens (tertiary/aromatic N) is 1. The molecule has 7 nitrogen and oxygen atoms in total. The number of carbonyl (C=O) groups excluding carboxylic acids is 1.